The molecule has 0 aromatic carbocycles. The molecule has 1 aliphatic rings. The highest BCUT2D eigenvalue weighted by Crippen LogP contribution is 2.24. The second-order valence-electron chi connectivity index (χ2n) is 4.95. The van der Waals surface area contributed by atoms with Crippen LogP contribution in [-0.2, 0) is 17.9 Å². The van der Waals surface area contributed by atoms with E-state index in [9.17, 15) is 4.79 Å². The highest BCUT2D eigenvalue weighted by Gasteiger charge is 2.34. The molecule has 2 N–H and O–H groups in total. The van der Waals surface area contributed by atoms with Crippen LogP contribution in [0.5, 0.6) is 0 Å². The molecular formula is C12H19N3O3. The number of carbonyl (C=O) groups is 1. The maximum absolute atomic E-state index is 11.0. The monoisotopic (exact) mass is 253 g/mol. The van der Waals surface area contributed by atoms with E-state index >= 15 is 0 Å². The Kier molecular flexibility index (Phi) is 3.98. The zero-order valence-corrected chi connectivity index (χ0v) is 10.5. The minimum absolute atomic E-state index is 0.0724. The number of carboxylic acid groups (broad SMARTS) is 1. The summed E-state index contributed by atoms with van der Waals surface area (Å²) in [5.41, 5.74) is 1.06. The summed E-state index contributed by atoms with van der Waals surface area (Å²) >= 11 is 0. The van der Waals surface area contributed by atoms with Gasteiger partial charge in [0, 0.05) is 31.4 Å². The molecule has 1 aromatic heterocycles. The smallest absolute Gasteiger partial charge is 0.308 e. The predicted molar refractivity (Wildman–Crippen MR) is 64.9 cm³/mol. The second-order valence-corrected chi connectivity index (χ2v) is 4.95. The van der Waals surface area contributed by atoms with E-state index in [0.717, 1.165) is 18.7 Å². The van der Waals surface area contributed by atoms with Crippen LogP contribution in [0.15, 0.2) is 12.4 Å². The van der Waals surface area contributed by atoms with Gasteiger partial charge in [0.25, 0.3) is 0 Å². The summed E-state index contributed by atoms with van der Waals surface area (Å²) in [4.78, 5) is 13.2. The van der Waals surface area contributed by atoms with Gasteiger partial charge in [-0.2, -0.15) is 5.10 Å². The van der Waals surface area contributed by atoms with Crippen molar-refractivity contribution < 1.29 is 15.0 Å². The van der Waals surface area contributed by atoms with Gasteiger partial charge in [0.05, 0.1) is 25.3 Å². The standard InChI is InChI=1S/C12H19N3O3/c1-9-5-14(8-11(9)12(17)18)6-10-4-13-15(7-10)2-3-16/h4,7,9,11,16H,2-3,5-6,8H2,1H3,(H,17,18)/t9-,11-/m1/s1. The topological polar surface area (TPSA) is 78.6 Å². The lowest BCUT2D eigenvalue weighted by molar-refractivity contribution is -0.142. The fraction of sp³-hybridized carbons (Fsp3) is 0.667. The fourth-order valence-corrected chi connectivity index (χ4v) is 2.49. The first kappa shape index (κ1) is 13.0. The van der Waals surface area contributed by atoms with Gasteiger partial charge in [-0.3, -0.25) is 14.4 Å². The van der Waals surface area contributed by atoms with E-state index in [4.69, 9.17) is 10.2 Å². The number of aromatic nitrogens is 2. The van der Waals surface area contributed by atoms with Gasteiger partial charge in [0.2, 0.25) is 0 Å². The minimum atomic E-state index is -0.707. The van der Waals surface area contributed by atoms with Gasteiger partial charge in [-0.05, 0) is 5.92 Å². The van der Waals surface area contributed by atoms with Crippen LogP contribution in [0.2, 0.25) is 0 Å². The zero-order chi connectivity index (χ0) is 13.1. The van der Waals surface area contributed by atoms with Gasteiger partial charge < -0.3 is 10.2 Å². The number of rotatable bonds is 5. The van der Waals surface area contributed by atoms with E-state index in [-0.39, 0.29) is 18.4 Å². The quantitative estimate of drug-likeness (QED) is 0.774. The summed E-state index contributed by atoms with van der Waals surface area (Å²) in [7, 11) is 0. The number of hydrogen-bond donors (Lipinski definition) is 2. The van der Waals surface area contributed by atoms with Crippen LogP contribution in [0.4, 0.5) is 0 Å². The zero-order valence-electron chi connectivity index (χ0n) is 10.5. The number of nitrogens with zero attached hydrogens (tertiary/aromatic N) is 3. The lowest BCUT2D eigenvalue weighted by Crippen LogP contribution is -2.23. The summed E-state index contributed by atoms with van der Waals surface area (Å²) in [6.07, 6.45) is 3.67. The summed E-state index contributed by atoms with van der Waals surface area (Å²) in [6.45, 7) is 4.68. The Morgan fingerprint density at radius 3 is 2.94 bits per heavy atom. The molecule has 1 aliphatic heterocycles. The molecule has 1 aromatic rings. The van der Waals surface area contributed by atoms with Crippen LogP contribution in [0.1, 0.15) is 12.5 Å². The molecule has 2 rings (SSSR count). The van der Waals surface area contributed by atoms with Gasteiger partial charge >= 0.3 is 5.97 Å². The van der Waals surface area contributed by atoms with Crippen molar-refractivity contribution >= 4 is 5.97 Å². The molecule has 0 saturated carbocycles. The number of carboxylic acids is 1. The van der Waals surface area contributed by atoms with Crippen LogP contribution >= 0.6 is 0 Å². The highest BCUT2D eigenvalue weighted by molar-refractivity contribution is 5.71. The van der Waals surface area contributed by atoms with Crippen molar-refractivity contribution in [2.45, 2.75) is 20.0 Å². The van der Waals surface area contributed by atoms with Crippen molar-refractivity contribution in [1.82, 2.24) is 14.7 Å². The number of aliphatic hydroxyl groups excluding tert-OH is 1. The summed E-state index contributed by atoms with van der Waals surface area (Å²) in [6, 6.07) is 0. The van der Waals surface area contributed by atoms with Gasteiger partial charge in [-0.25, -0.2) is 0 Å². The molecule has 0 spiro atoms. The highest BCUT2D eigenvalue weighted by atomic mass is 16.4. The normalized spacial score (nSPS) is 24.6. The van der Waals surface area contributed by atoms with Crippen LogP contribution in [0, 0.1) is 11.8 Å². The van der Waals surface area contributed by atoms with Gasteiger partial charge in [0.15, 0.2) is 0 Å². The molecule has 6 heteroatoms. The van der Waals surface area contributed by atoms with Crippen LogP contribution in [0.25, 0.3) is 0 Å². The molecule has 0 aliphatic carbocycles. The molecule has 1 fully saturated rings. The summed E-state index contributed by atoms with van der Waals surface area (Å²) < 4.78 is 1.70. The van der Waals surface area contributed by atoms with Crippen LogP contribution < -0.4 is 0 Å². The first-order chi connectivity index (χ1) is 8.60. The molecule has 0 amide bonds. The summed E-state index contributed by atoms with van der Waals surface area (Å²) in [5.74, 6) is -0.784. The van der Waals surface area contributed by atoms with E-state index in [1.54, 1.807) is 10.9 Å². The third kappa shape index (κ3) is 2.88. The van der Waals surface area contributed by atoms with Crippen molar-refractivity contribution in [3.8, 4) is 0 Å². The molecule has 2 atom stereocenters. The molecule has 0 unspecified atom stereocenters. The maximum Gasteiger partial charge on any atom is 0.308 e. The number of likely N-dealkylation sites (tertiary alicyclic amines) is 1. The Hall–Kier alpha value is -1.40. The Morgan fingerprint density at radius 1 is 1.56 bits per heavy atom. The lowest BCUT2D eigenvalue weighted by Gasteiger charge is -2.13. The molecule has 100 valence electrons. The van der Waals surface area contributed by atoms with E-state index in [1.807, 2.05) is 13.1 Å². The minimum Gasteiger partial charge on any atom is -0.481 e. The average Bonchev–Trinajstić information content (AvgIpc) is 2.87. The Balaban J connectivity index is 1.92. The van der Waals surface area contributed by atoms with Gasteiger partial charge in [-0.15, -0.1) is 0 Å². The Bertz CT molecular complexity index is 418. The first-order valence-corrected chi connectivity index (χ1v) is 6.17. The van der Waals surface area contributed by atoms with E-state index < -0.39 is 5.97 Å². The Morgan fingerprint density at radius 2 is 2.33 bits per heavy atom. The van der Waals surface area contributed by atoms with Crippen molar-refractivity contribution in [3.63, 3.8) is 0 Å². The largest absolute Gasteiger partial charge is 0.481 e. The number of hydrogen-bond acceptors (Lipinski definition) is 4. The van der Waals surface area contributed by atoms with Crippen molar-refractivity contribution in [2.24, 2.45) is 11.8 Å². The molecule has 0 radical (unpaired) electrons. The van der Waals surface area contributed by atoms with Gasteiger partial charge in [-0.1, -0.05) is 6.92 Å². The molecule has 18 heavy (non-hydrogen) atoms. The number of aliphatic carboxylic acids is 1. The van der Waals surface area contributed by atoms with E-state index in [0.29, 0.717) is 13.1 Å². The number of aliphatic hydroxyl groups is 1. The van der Waals surface area contributed by atoms with Crippen LogP contribution in [0.3, 0.4) is 0 Å². The summed E-state index contributed by atoms with van der Waals surface area (Å²) in [5, 5.41) is 22.0. The van der Waals surface area contributed by atoms with Gasteiger partial charge in [0.1, 0.15) is 0 Å². The van der Waals surface area contributed by atoms with E-state index in [1.165, 1.54) is 0 Å². The molecule has 6 nitrogen and oxygen atoms in total. The maximum atomic E-state index is 11.0. The van der Waals surface area contributed by atoms with Crippen LogP contribution in [-0.4, -0.2) is 50.6 Å². The van der Waals surface area contributed by atoms with Crippen molar-refractivity contribution in [1.29, 1.82) is 0 Å². The SMILES string of the molecule is C[C@@H]1CN(Cc2cnn(CCO)c2)C[C@H]1C(=O)O. The third-order valence-electron chi connectivity index (χ3n) is 3.43. The fourth-order valence-electron chi connectivity index (χ4n) is 2.49. The average molecular weight is 253 g/mol. The second kappa shape index (κ2) is 5.49. The Labute approximate surface area is 106 Å². The lowest BCUT2D eigenvalue weighted by atomic mass is 9.99. The molecular weight excluding hydrogens is 234 g/mol. The van der Waals surface area contributed by atoms with E-state index in [2.05, 4.69) is 10.00 Å². The molecule has 2 heterocycles. The van der Waals surface area contributed by atoms with Crippen molar-refractivity contribution in [2.75, 3.05) is 19.7 Å². The first-order valence-electron chi connectivity index (χ1n) is 6.17. The molecule has 0 bridgehead atoms. The third-order valence-corrected chi connectivity index (χ3v) is 3.43. The van der Waals surface area contributed by atoms with Crippen molar-refractivity contribution in [3.05, 3.63) is 18.0 Å². The molecule has 1 saturated heterocycles. The predicted octanol–water partition coefficient (Wildman–Crippen LogP) is 0.0279.